The largest absolute Gasteiger partial charge is 0.319 e. The van der Waals surface area contributed by atoms with Crippen LogP contribution in [0.5, 0.6) is 0 Å². The highest BCUT2D eigenvalue weighted by atomic mass is 19.2. The fraction of sp³-hybridized carbons (Fsp3) is 0.0769. The molecule has 0 aliphatic carbocycles. The molecule has 3 nitrogen and oxygen atoms in total. The van der Waals surface area contributed by atoms with Crippen molar-refractivity contribution in [2.75, 3.05) is 5.32 Å². The topological polar surface area (TPSA) is 42.0 Å². The summed E-state index contributed by atoms with van der Waals surface area (Å²) in [7, 11) is 0. The van der Waals surface area contributed by atoms with E-state index in [9.17, 15) is 22.4 Å². The molecule has 1 heterocycles. The van der Waals surface area contributed by atoms with Gasteiger partial charge >= 0.3 is 0 Å². The van der Waals surface area contributed by atoms with Gasteiger partial charge in [-0.05, 0) is 24.6 Å². The van der Waals surface area contributed by atoms with Gasteiger partial charge in [0.1, 0.15) is 11.6 Å². The first-order valence-electron chi connectivity index (χ1n) is 5.47. The third-order valence-corrected chi connectivity index (χ3v) is 2.59. The highest BCUT2D eigenvalue weighted by molar-refractivity contribution is 6.04. The predicted molar refractivity (Wildman–Crippen MR) is 63.2 cm³/mol. The molecule has 1 N–H and O–H groups in total. The minimum atomic E-state index is -1.46. The van der Waals surface area contributed by atoms with Crippen LogP contribution in [0, 0.1) is 30.3 Å². The van der Waals surface area contributed by atoms with E-state index in [2.05, 4.69) is 4.98 Å². The molecule has 20 heavy (non-hydrogen) atoms. The van der Waals surface area contributed by atoms with Crippen molar-refractivity contribution in [3.05, 3.63) is 58.9 Å². The SMILES string of the molecule is Cc1cc(F)c(NC(=O)c2ccnc(F)c2F)cc1F. The van der Waals surface area contributed by atoms with Crippen LogP contribution in [0.1, 0.15) is 15.9 Å². The molecule has 0 atom stereocenters. The first-order chi connectivity index (χ1) is 9.40. The zero-order valence-electron chi connectivity index (χ0n) is 10.2. The molecule has 0 unspecified atom stereocenters. The average Bonchev–Trinajstić information content (AvgIpc) is 2.39. The van der Waals surface area contributed by atoms with Crippen molar-refractivity contribution in [2.24, 2.45) is 0 Å². The van der Waals surface area contributed by atoms with E-state index in [0.29, 0.717) is 0 Å². The number of aryl methyl sites for hydroxylation is 1. The van der Waals surface area contributed by atoms with Crippen molar-refractivity contribution < 1.29 is 22.4 Å². The van der Waals surface area contributed by atoms with E-state index in [1.807, 2.05) is 5.32 Å². The molecule has 0 bridgehead atoms. The number of benzene rings is 1. The lowest BCUT2D eigenvalue weighted by molar-refractivity contribution is 0.102. The minimum absolute atomic E-state index is 0.0571. The number of aromatic nitrogens is 1. The summed E-state index contributed by atoms with van der Waals surface area (Å²) in [5.74, 6) is -5.63. The van der Waals surface area contributed by atoms with E-state index in [-0.39, 0.29) is 5.56 Å². The fourth-order valence-electron chi connectivity index (χ4n) is 1.53. The maximum absolute atomic E-state index is 13.5. The maximum Gasteiger partial charge on any atom is 0.258 e. The predicted octanol–water partition coefficient (Wildman–Crippen LogP) is 3.20. The van der Waals surface area contributed by atoms with Crippen LogP contribution in [0.15, 0.2) is 24.4 Å². The van der Waals surface area contributed by atoms with Crippen LogP contribution in [0.2, 0.25) is 0 Å². The standard InChI is InChI=1S/C13H8F4N2O/c1-6-4-9(15)10(5-8(6)14)19-13(20)7-2-3-18-12(17)11(7)16/h2-5H,1H3,(H,19,20). The molecule has 0 aliphatic rings. The molecule has 0 radical (unpaired) electrons. The van der Waals surface area contributed by atoms with Gasteiger partial charge in [0.15, 0.2) is 5.82 Å². The summed E-state index contributed by atoms with van der Waals surface area (Å²) in [6.45, 7) is 1.35. The summed E-state index contributed by atoms with van der Waals surface area (Å²) in [5, 5.41) is 1.97. The molecule has 1 aromatic carbocycles. The summed E-state index contributed by atoms with van der Waals surface area (Å²) in [4.78, 5) is 14.7. The van der Waals surface area contributed by atoms with Crippen LogP contribution in [0.4, 0.5) is 23.2 Å². The molecule has 0 fully saturated rings. The maximum atomic E-state index is 13.5. The number of pyridine rings is 1. The van der Waals surface area contributed by atoms with Crippen LogP contribution in [0.3, 0.4) is 0 Å². The van der Waals surface area contributed by atoms with Crippen molar-refractivity contribution in [2.45, 2.75) is 6.92 Å². The Labute approximate surface area is 111 Å². The summed E-state index contributed by atoms with van der Waals surface area (Å²) >= 11 is 0. The van der Waals surface area contributed by atoms with Gasteiger partial charge in [-0.3, -0.25) is 4.79 Å². The van der Waals surface area contributed by atoms with Crippen molar-refractivity contribution in [1.29, 1.82) is 0 Å². The van der Waals surface area contributed by atoms with Crippen molar-refractivity contribution in [1.82, 2.24) is 4.98 Å². The summed E-state index contributed by atoms with van der Waals surface area (Å²) in [6, 6.07) is 2.57. The Balaban J connectivity index is 2.33. The number of carbonyl (C=O) groups excluding carboxylic acids is 1. The molecule has 0 saturated heterocycles. The van der Waals surface area contributed by atoms with Crippen LogP contribution < -0.4 is 5.32 Å². The lowest BCUT2D eigenvalue weighted by Crippen LogP contribution is -2.16. The number of halogens is 4. The third-order valence-electron chi connectivity index (χ3n) is 2.59. The lowest BCUT2D eigenvalue weighted by atomic mass is 10.2. The third kappa shape index (κ3) is 2.61. The van der Waals surface area contributed by atoms with Gasteiger partial charge in [-0.15, -0.1) is 0 Å². The number of nitrogens with one attached hydrogen (secondary N) is 1. The van der Waals surface area contributed by atoms with Gasteiger partial charge < -0.3 is 5.32 Å². The van der Waals surface area contributed by atoms with Gasteiger partial charge in [0.25, 0.3) is 5.91 Å². The Bertz CT molecular complexity index is 688. The molecule has 0 aliphatic heterocycles. The highest BCUT2D eigenvalue weighted by Crippen LogP contribution is 2.20. The first-order valence-corrected chi connectivity index (χ1v) is 5.47. The Morgan fingerprint density at radius 3 is 2.55 bits per heavy atom. The number of carbonyl (C=O) groups is 1. The number of amides is 1. The molecule has 0 spiro atoms. The zero-order chi connectivity index (χ0) is 14.9. The van der Waals surface area contributed by atoms with Crippen molar-refractivity contribution in [3.8, 4) is 0 Å². The second kappa shape index (κ2) is 5.28. The molecular weight excluding hydrogens is 276 g/mol. The number of rotatable bonds is 2. The number of nitrogens with zero attached hydrogens (tertiary/aromatic N) is 1. The summed E-state index contributed by atoms with van der Waals surface area (Å²) in [6.07, 6.45) is 0.888. The quantitative estimate of drug-likeness (QED) is 0.679. The van der Waals surface area contributed by atoms with Gasteiger partial charge in [0.2, 0.25) is 5.95 Å². The van der Waals surface area contributed by atoms with Crippen molar-refractivity contribution in [3.63, 3.8) is 0 Å². The molecule has 2 aromatic rings. The summed E-state index contributed by atoms with van der Waals surface area (Å²) < 4.78 is 53.0. The van der Waals surface area contributed by atoms with Crippen LogP contribution in [-0.4, -0.2) is 10.9 Å². The van der Waals surface area contributed by atoms with Gasteiger partial charge in [-0.25, -0.2) is 18.2 Å². The molecule has 1 amide bonds. The zero-order valence-corrected chi connectivity index (χ0v) is 10.2. The Morgan fingerprint density at radius 1 is 1.15 bits per heavy atom. The van der Waals surface area contributed by atoms with E-state index < -0.39 is 40.6 Å². The Hall–Kier alpha value is -2.44. The van der Waals surface area contributed by atoms with Crippen LogP contribution >= 0.6 is 0 Å². The Kier molecular flexibility index (Phi) is 3.69. The molecule has 2 rings (SSSR count). The summed E-state index contributed by atoms with van der Waals surface area (Å²) in [5.41, 5.74) is -1.06. The lowest BCUT2D eigenvalue weighted by Gasteiger charge is -2.08. The second-order valence-electron chi connectivity index (χ2n) is 4.00. The second-order valence-corrected chi connectivity index (χ2v) is 4.00. The molecule has 1 aromatic heterocycles. The Morgan fingerprint density at radius 2 is 1.85 bits per heavy atom. The van der Waals surface area contributed by atoms with Gasteiger partial charge in [-0.1, -0.05) is 0 Å². The number of anilines is 1. The molecule has 104 valence electrons. The van der Waals surface area contributed by atoms with E-state index in [0.717, 1.165) is 24.4 Å². The van der Waals surface area contributed by atoms with E-state index in [4.69, 9.17) is 0 Å². The molecule has 0 saturated carbocycles. The van der Waals surface area contributed by atoms with Crippen molar-refractivity contribution >= 4 is 11.6 Å². The molecule has 7 heteroatoms. The van der Waals surface area contributed by atoms with E-state index >= 15 is 0 Å². The van der Waals surface area contributed by atoms with Gasteiger partial charge in [-0.2, -0.15) is 4.39 Å². The number of hydrogen-bond acceptors (Lipinski definition) is 2. The minimum Gasteiger partial charge on any atom is -0.319 e. The van der Waals surface area contributed by atoms with Crippen LogP contribution in [0.25, 0.3) is 0 Å². The highest BCUT2D eigenvalue weighted by Gasteiger charge is 2.18. The van der Waals surface area contributed by atoms with E-state index in [1.54, 1.807) is 0 Å². The monoisotopic (exact) mass is 284 g/mol. The van der Waals surface area contributed by atoms with Crippen LogP contribution in [-0.2, 0) is 0 Å². The normalized spacial score (nSPS) is 10.4. The van der Waals surface area contributed by atoms with Gasteiger partial charge in [0.05, 0.1) is 11.3 Å². The average molecular weight is 284 g/mol. The smallest absolute Gasteiger partial charge is 0.258 e. The van der Waals surface area contributed by atoms with Gasteiger partial charge in [0, 0.05) is 12.3 Å². The fourth-order valence-corrected chi connectivity index (χ4v) is 1.53. The first kappa shape index (κ1) is 14.0. The molecular formula is C13H8F4N2O. The van der Waals surface area contributed by atoms with E-state index in [1.165, 1.54) is 6.92 Å². The number of hydrogen-bond donors (Lipinski definition) is 1.